The summed E-state index contributed by atoms with van der Waals surface area (Å²) in [6.45, 7) is 5.65. The first kappa shape index (κ1) is 27.3. The van der Waals surface area contributed by atoms with Crippen LogP contribution in [0.1, 0.15) is 50.0 Å². The Morgan fingerprint density at radius 1 is 1.00 bits per heavy atom. The predicted octanol–water partition coefficient (Wildman–Crippen LogP) is 7.40. The number of amides is 1. The van der Waals surface area contributed by atoms with Gasteiger partial charge in [0.2, 0.25) is 10.9 Å². The second-order valence-corrected chi connectivity index (χ2v) is 13.1. The number of thiazole rings is 1. The molecule has 1 N–H and O–H groups in total. The number of hydrogen-bond donors (Lipinski definition) is 1. The molecule has 0 aliphatic carbocycles. The van der Waals surface area contributed by atoms with Gasteiger partial charge in [0.15, 0.2) is 10.1 Å². The zero-order valence-electron chi connectivity index (χ0n) is 22.6. The molecular formula is C31H26N4O3S3. The number of aliphatic hydroxyl groups excluding tert-OH is 1. The van der Waals surface area contributed by atoms with E-state index >= 15 is 0 Å². The fourth-order valence-corrected chi connectivity index (χ4v) is 7.81. The molecule has 7 nitrogen and oxygen atoms in total. The Morgan fingerprint density at radius 3 is 2.49 bits per heavy atom. The summed E-state index contributed by atoms with van der Waals surface area (Å²) in [5, 5.41) is 23.3. The van der Waals surface area contributed by atoms with Gasteiger partial charge < -0.3 is 5.11 Å². The summed E-state index contributed by atoms with van der Waals surface area (Å²) in [6.07, 6.45) is 0.855. The third kappa shape index (κ3) is 5.07. The van der Waals surface area contributed by atoms with Crippen molar-refractivity contribution < 1.29 is 14.7 Å². The van der Waals surface area contributed by atoms with Gasteiger partial charge in [-0.1, -0.05) is 96.8 Å². The molecule has 0 bridgehead atoms. The summed E-state index contributed by atoms with van der Waals surface area (Å²) in [6, 6.07) is 21.4. The Labute approximate surface area is 249 Å². The van der Waals surface area contributed by atoms with Crippen LogP contribution in [-0.4, -0.2) is 32.0 Å². The summed E-state index contributed by atoms with van der Waals surface area (Å²) in [5.41, 5.74) is 3.63. The molecule has 0 saturated carbocycles. The fraction of sp³-hybridized carbons (Fsp3) is 0.194. The number of fused-ring (bicyclic) bond motifs is 1. The summed E-state index contributed by atoms with van der Waals surface area (Å²) >= 11 is 4.07. The van der Waals surface area contributed by atoms with Gasteiger partial charge in [0.1, 0.15) is 0 Å². The summed E-state index contributed by atoms with van der Waals surface area (Å²) in [7, 11) is 0. The normalized spacial score (nSPS) is 15.3. The first-order chi connectivity index (χ1) is 19.9. The molecule has 0 spiro atoms. The molecule has 1 aliphatic heterocycles. The number of aromatic nitrogens is 3. The smallest absolute Gasteiger partial charge is 0.296 e. The molecule has 1 amide bonds. The van der Waals surface area contributed by atoms with Gasteiger partial charge >= 0.3 is 0 Å². The average Bonchev–Trinajstić information content (AvgIpc) is 3.67. The van der Waals surface area contributed by atoms with E-state index in [9.17, 15) is 14.7 Å². The number of ketones is 1. The molecule has 1 aliphatic rings. The second-order valence-electron chi connectivity index (χ2n) is 9.69. The first-order valence-corrected chi connectivity index (χ1v) is 15.7. The predicted molar refractivity (Wildman–Crippen MR) is 165 cm³/mol. The number of Topliss-reactive ketones (excluding diaryl/α,β-unsaturated/α-hetero) is 1. The van der Waals surface area contributed by atoms with Crippen LogP contribution in [0.4, 0.5) is 5.13 Å². The number of carbonyl (C=O) groups is 2. The molecule has 5 aromatic rings. The van der Waals surface area contributed by atoms with Gasteiger partial charge in [-0.05, 0) is 47.7 Å². The van der Waals surface area contributed by atoms with Crippen LogP contribution in [-0.2, 0) is 17.0 Å². The molecule has 41 heavy (non-hydrogen) atoms. The zero-order chi connectivity index (χ0) is 28.7. The maximum atomic E-state index is 13.8. The highest BCUT2D eigenvalue weighted by molar-refractivity contribution is 8.00. The highest BCUT2D eigenvalue weighted by Gasteiger charge is 2.46. The minimum absolute atomic E-state index is 0.0335. The SMILES string of the molecule is CCc1ccc(C2C(C(=O)c3sc(C)nc3C)=C(O)C(=O)N2c2nnc(SCc3cccc4ccccc34)s2)cc1. The standard InChI is InChI=1S/C31H26N4O3S3/c1-4-19-12-14-21(15-13-19)25-24(26(36)28-17(2)32-18(3)40-28)27(37)29(38)35(25)30-33-34-31(41-30)39-16-22-10-7-9-20-8-5-6-11-23(20)22/h5-15,25,37H,4,16H2,1-3H3. The lowest BCUT2D eigenvalue weighted by atomic mass is 9.94. The van der Waals surface area contributed by atoms with Crippen molar-refractivity contribution in [1.82, 2.24) is 15.2 Å². The molecule has 10 heteroatoms. The molecular weight excluding hydrogens is 573 g/mol. The minimum Gasteiger partial charge on any atom is -0.503 e. The molecule has 1 atom stereocenters. The molecule has 3 heterocycles. The Hall–Kier alpha value is -3.86. The number of thioether (sulfide) groups is 1. The van der Waals surface area contributed by atoms with E-state index in [0.717, 1.165) is 17.0 Å². The lowest BCUT2D eigenvalue weighted by Gasteiger charge is -2.24. The number of aryl methyl sites for hydroxylation is 3. The van der Waals surface area contributed by atoms with Gasteiger partial charge in [0.05, 0.1) is 27.2 Å². The molecule has 3 aromatic carbocycles. The van der Waals surface area contributed by atoms with E-state index in [1.165, 1.54) is 55.7 Å². The first-order valence-electron chi connectivity index (χ1n) is 13.1. The quantitative estimate of drug-likeness (QED) is 0.113. The van der Waals surface area contributed by atoms with Crippen LogP contribution in [0.5, 0.6) is 0 Å². The highest BCUT2D eigenvalue weighted by atomic mass is 32.2. The van der Waals surface area contributed by atoms with Gasteiger partial charge in [0.25, 0.3) is 5.91 Å². The zero-order valence-corrected chi connectivity index (χ0v) is 25.1. The van der Waals surface area contributed by atoms with E-state index in [4.69, 9.17) is 0 Å². The van der Waals surface area contributed by atoms with E-state index < -0.39 is 23.5 Å². The molecule has 0 radical (unpaired) electrons. The van der Waals surface area contributed by atoms with Crippen LogP contribution in [0.3, 0.4) is 0 Å². The van der Waals surface area contributed by atoms with E-state index in [0.29, 0.717) is 31.4 Å². The number of rotatable bonds is 8. The average molecular weight is 599 g/mol. The van der Waals surface area contributed by atoms with Crippen molar-refractivity contribution in [3.63, 3.8) is 0 Å². The Bertz CT molecular complexity index is 1820. The number of nitrogens with zero attached hydrogens (tertiary/aromatic N) is 4. The highest BCUT2D eigenvalue weighted by Crippen LogP contribution is 2.44. The van der Waals surface area contributed by atoms with Crippen molar-refractivity contribution in [3.05, 3.63) is 110 Å². The Morgan fingerprint density at radius 2 is 1.76 bits per heavy atom. The van der Waals surface area contributed by atoms with Crippen LogP contribution in [0.2, 0.25) is 0 Å². The van der Waals surface area contributed by atoms with Crippen molar-refractivity contribution in [1.29, 1.82) is 0 Å². The number of carbonyl (C=O) groups excluding carboxylic acids is 2. The number of anilines is 1. The molecule has 206 valence electrons. The topological polar surface area (TPSA) is 96.3 Å². The Balaban J connectivity index is 1.34. The number of hydrogen-bond acceptors (Lipinski definition) is 9. The monoisotopic (exact) mass is 598 g/mol. The van der Waals surface area contributed by atoms with Gasteiger partial charge in [-0.3, -0.25) is 14.5 Å². The van der Waals surface area contributed by atoms with Gasteiger partial charge in [-0.25, -0.2) is 4.98 Å². The van der Waals surface area contributed by atoms with Crippen LogP contribution in [0.15, 0.2) is 82.4 Å². The molecule has 6 rings (SSSR count). The third-order valence-electron chi connectivity index (χ3n) is 7.10. The van der Waals surface area contributed by atoms with Crippen molar-refractivity contribution in [2.24, 2.45) is 0 Å². The van der Waals surface area contributed by atoms with Crippen LogP contribution < -0.4 is 4.90 Å². The van der Waals surface area contributed by atoms with Crippen molar-refractivity contribution in [2.45, 2.75) is 43.3 Å². The van der Waals surface area contributed by atoms with Crippen LogP contribution in [0, 0.1) is 13.8 Å². The summed E-state index contributed by atoms with van der Waals surface area (Å²) < 4.78 is 0.689. The molecule has 0 fully saturated rings. The van der Waals surface area contributed by atoms with Gasteiger partial charge in [0, 0.05) is 5.75 Å². The third-order valence-corrected chi connectivity index (χ3v) is 10.3. The second kappa shape index (κ2) is 11.2. The summed E-state index contributed by atoms with van der Waals surface area (Å²) in [4.78, 5) is 33.6. The van der Waals surface area contributed by atoms with Crippen molar-refractivity contribution in [3.8, 4) is 0 Å². The van der Waals surface area contributed by atoms with Gasteiger partial charge in [-0.15, -0.1) is 21.5 Å². The maximum Gasteiger partial charge on any atom is 0.296 e. The van der Waals surface area contributed by atoms with Crippen molar-refractivity contribution >= 4 is 62.0 Å². The fourth-order valence-electron chi connectivity index (χ4n) is 5.07. The lowest BCUT2D eigenvalue weighted by molar-refractivity contribution is -0.117. The van der Waals surface area contributed by atoms with Gasteiger partial charge in [-0.2, -0.15) is 0 Å². The largest absolute Gasteiger partial charge is 0.503 e. The maximum absolute atomic E-state index is 13.8. The Kier molecular flexibility index (Phi) is 7.46. The lowest BCUT2D eigenvalue weighted by Crippen LogP contribution is -2.31. The molecule has 2 aromatic heterocycles. The van der Waals surface area contributed by atoms with E-state index in [2.05, 4.69) is 46.4 Å². The van der Waals surface area contributed by atoms with Crippen LogP contribution in [0.25, 0.3) is 10.8 Å². The number of aliphatic hydroxyl groups is 1. The van der Waals surface area contributed by atoms with E-state index in [-0.39, 0.29) is 5.57 Å². The number of benzene rings is 3. The van der Waals surface area contributed by atoms with E-state index in [1.807, 2.05) is 49.4 Å². The van der Waals surface area contributed by atoms with Crippen LogP contribution >= 0.6 is 34.4 Å². The van der Waals surface area contributed by atoms with E-state index in [1.54, 1.807) is 6.92 Å². The molecule has 1 unspecified atom stereocenters. The minimum atomic E-state index is -0.841. The summed E-state index contributed by atoms with van der Waals surface area (Å²) in [5.74, 6) is -0.951. The molecule has 0 saturated heterocycles. The van der Waals surface area contributed by atoms with Crippen molar-refractivity contribution in [2.75, 3.05) is 4.90 Å².